The van der Waals surface area contributed by atoms with E-state index in [1.165, 1.54) is 11.8 Å². The minimum atomic E-state index is 0.189. The molecule has 0 unspecified atom stereocenters. The van der Waals surface area contributed by atoms with Crippen molar-refractivity contribution >= 4 is 23.4 Å². The lowest BCUT2D eigenvalue weighted by Crippen LogP contribution is -2.37. The summed E-state index contributed by atoms with van der Waals surface area (Å²) in [5, 5.41) is 4.37. The SMILES string of the molecule is CSc1nc(Cl)cc(O[C@H]2CCCNC2)n1. The molecular formula is C10H14ClN3OS. The first kappa shape index (κ1) is 12.0. The number of hydrogen-bond acceptors (Lipinski definition) is 5. The first-order valence-electron chi connectivity index (χ1n) is 5.24. The lowest BCUT2D eigenvalue weighted by Gasteiger charge is -2.23. The first-order valence-corrected chi connectivity index (χ1v) is 6.84. The molecule has 0 spiro atoms. The Bertz CT molecular complexity index is 358. The van der Waals surface area contributed by atoms with E-state index in [0.717, 1.165) is 25.9 Å². The van der Waals surface area contributed by atoms with E-state index in [4.69, 9.17) is 16.3 Å². The highest BCUT2D eigenvalue weighted by molar-refractivity contribution is 7.98. The number of aromatic nitrogens is 2. The van der Waals surface area contributed by atoms with Crippen molar-refractivity contribution in [2.45, 2.75) is 24.1 Å². The fourth-order valence-electron chi connectivity index (χ4n) is 1.62. The Kier molecular flexibility index (Phi) is 4.26. The van der Waals surface area contributed by atoms with Gasteiger partial charge in [0.2, 0.25) is 5.88 Å². The van der Waals surface area contributed by atoms with Gasteiger partial charge >= 0.3 is 0 Å². The highest BCUT2D eigenvalue weighted by atomic mass is 35.5. The van der Waals surface area contributed by atoms with Crippen LogP contribution in [0.4, 0.5) is 0 Å². The molecule has 0 aliphatic carbocycles. The van der Waals surface area contributed by atoms with Gasteiger partial charge in [-0.2, -0.15) is 4.98 Å². The summed E-state index contributed by atoms with van der Waals surface area (Å²) in [6, 6.07) is 1.66. The van der Waals surface area contributed by atoms with Crippen LogP contribution in [0.15, 0.2) is 11.2 Å². The summed E-state index contributed by atoms with van der Waals surface area (Å²) in [5.74, 6) is 0.568. The molecule has 0 aromatic carbocycles. The van der Waals surface area contributed by atoms with Crippen molar-refractivity contribution in [3.8, 4) is 5.88 Å². The molecule has 2 rings (SSSR count). The van der Waals surface area contributed by atoms with Gasteiger partial charge in [-0.25, -0.2) is 4.98 Å². The maximum atomic E-state index is 5.89. The second-order valence-electron chi connectivity index (χ2n) is 3.60. The van der Waals surface area contributed by atoms with E-state index in [0.29, 0.717) is 16.2 Å². The Morgan fingerprint density at radius 1 is 1.56 bits per heavy atom. The Hall–Kier alpha value is -0.520. The van der Waals surface area contributed by atoms with E-state index >= 15 is 0 Å². The Balaban J connectivity index is 2.04. The molecule has 16 heavy (non-hydrogen) atoms. The molecule has 0 saturated carbocycles. The standard InChI is InChI=1S/C10H14ClN3OS/c1-16-10-13-8(11)5-9(14-10)15-7-3-2-4-12-6-7/h5,7,12H,2-4,6H2,1H3/t7-/m0/s1. The average Bonchev–Trinajstić information content (AvgIpc) is 2.29. The lowest BCUT2D eigenvalue weighted by molar-refractivity contribution is 0.159. The molecule has 88 valence electrons. The van der Waals surface area contributed by atoms with Crippen molar-refractivity contribution in [1.82, 2.24) is 15.3 Å². The molecule has 0 amide bonds. The van der Waals surface area contributed by atoms with Gasteiger partial charge in [-0.3, -0.25) is 0 Å². The third kappa shape index (κ3) is 3.23. The van der Waals surface area contributed by atoms with Crippen LogP contribution in [0, 0.1) is 0 Å². The topological polar surface area (TPSA) is 47.0 Å². The molecule has 0 bridgehead atoms. The van der Waals surface area contributed by atoms with Crippen molar-refractivity contribution in [2.24, 2.45) is 0 Å². The van der Waals surface area contributed by atoms with E-state index in [1.54, 1.807) is 6.07 Å². The molecule has 1 aromatic rings. The fraction of sp³-hybridized carbons (Fsp3) is 0.600. The van der Waals surface area contributed by atoms with Gasteiger partial charge in [-0.1, -0.05) is 23.4 Å². The van der Waals surface area contributed by atoms with Crippen LogP contribution in [0.1, 0.15) is 12.8 Å². The predicted molar refractivity (Wildman–Crippen MR) is 65.3 cm³/mol. The van der Waals surface area contributed by atoms with Gasteiger partial charge in [0.05, 0.1) is 0 Å². The van der Waals surface area contributed by atoms with Crippen LogP contribution in [0.5, 0.6) is 5.88 Å². The number of hydrogen-bond donors (Lipinski definition) is 1. The summed E-state index contributed by atoms with van der Waals surface area (Å²) in [6.45, 7) is 1.94. The molecule has 1 fully saturated rings. The number of rotatable bonds is 3. The first-order chi connectivity index (χ1) is 7.78. The lowest BCUT2D eigenvalue weighted by atomic mass is 10.1. The average molecular weight is 260 g/mol. The molecule has 1 N–H and O–H groups in total. The van der Waals surface area contributed by atoms with Crippen LogP contribution in [0.25, 0.3) is 0 Å². The molecule has 0 radical (unpaired) electrons. The minimum absolute atomic E-state index is 0.189. The Labute approximate surface area is 104 Å². The molecule has 1 aliphatic rings. The molecule has 1 aromatic heterocycles. The van der Waals surface area contributed by atoms with Crippen molar-refractivity contribution < 1.29 is 4.74 Å². The van der Waals surface area contributed by atoms with E-state index < -0.39 is 0 Å². The summed E-state index contributed by atoms with van der Waals surface area (Å²) in [4.78, 5) is 8.33. The molecule has 1 saturated heterocycles. The number of nitrogens with zero attached hydrogens (tertiary/aromatic N) is 2. The van der Waals surface area contributed by atoms with Crippen LogP contribution in [-0.4, -0.2) is 35.4 Å². The van der Waals surface area contributed by atoms with Crippen molar-refractivity contribution in [3.05, 3.63) is 11.2 Å². The maximum absolute atomic E-state index is 5.89. The fourth-order valence-corrected chi connectivity index (χ4v) is 2.21. The molecule has 1 aliphatic heterocycles. The zero-order chi connectivity index (χ0) is 11.4. The zero-order valence-electron chi connectivity index (χ0n) is 9.07. The Morgan fingerprint density at radius 2 is 2.44 bits per heavy atom. The summed E-state index contributed by atoms with van der Waals surface area (Å²) in [7, 11) is 0. The quantitative estimate of drug-likeness (QED) is 0.511. The number of halogens is 1. The van der Waals surface area contributed by atoms with E-state index in [9.17, 15) is 0 Å². The van der Waals surface area contributed by atoms with Gasteiger partial charge in [-0.15, -0.1) is 0 Å². The van der Waals surface area contributed by atoms with Gasteiger partial charge in [0.25, 0.3) is 0 Å². The maximum Gasteiger partial charge on any atom is 0.219 e. The second-order valence-corrected chi connectivity index (χ2v) is 4.76. The summed E-state index contributed by atoms with van der Waals surface area (Å²) in [5.41, 5.74) is 0. The van der Waals surface area contributed by atoms with Gasteiger partial charge in [0.15, 0.2) is 5.16 Å². The summed E-state index contributed by atoms with van der Waals surface area (Å²) >= 11 is 7.34. The van der Waals surface area contributed by atoms with Gasteiger partial charge in [0.1, 0.15) is 11.3 Å². The number of ether oxygens (including phenoxy) is 1. The normalized spacial score (nSPS) is 20.8. The van der Waals surface area contributed by atoms with E-state index in [2.05, 4.69) is 15.3 Å². The number of thioether (sulfide) groups is 1. The van der Waals surface area contributed by atoms with Gasteiger partial charge in [-0.05, 0) is 25.6 Å². The molecule has 1 atom stereocenters. The number of nitrogens with one attached hydrogen (secondary N) is 1. The van der Waals surface area contributed by atoms with Crippen LogP contribution >= 0.6 is 23.4 Å². The highest BCUT2D eigenvalue weighted by Crippen LogP contribution is 2.20. The largest absolute Gasteiger partial charge is 0.473 e. The Morgan fingerprint density at radius 3 is 3.12 bits per heavy atom. The summed E-state index contributed by atoms with van der Waals surface area (Å²) < 4.78 is 5.77. The van der Waals surface area contributed by atoms with E-state index in [1.807, 2.05) is 6.26 Å². The second kappa shape index (κ2) is 5.70. The van der Waals surface area contributed by atoms with Crippen LogP contribution < -0.4 is 10.1 Å². The third-order valence-electron chi connectivity index (χ3n) is 2.37. The van der Waals surface area contributed by atoms with Crippen molar-refractivity contribution in [1.29, 1.82) is 0 Å². The summed E-state index contributed by atoms with van der Waals surface area (Å²) in [6.07, 6.45) is 4.30. The smallest absolute Gasteiger partial charge is 0.219 e. The van der Waals surface area contributed by atoms with Crippen molar-refractivity contribution in [3.63, 3.8) is 0 Å². The molecule has 6 heteroatoms. The zero-order valence-corrected chi connectivity index (χ0v) is 10.6. The van der Waals surface area contributed by atoms with Crippen LogP contribution in [0.2, 0.25) is 5.15 Å². The molecule has 2 heterocycles. The van der Waals surface area contributed by atoms with Gasteiger partial charge in [0, 0.05) is 12.6 Å². The predicted octanol–water partition coefficient (Wildman–Crippen LogP) is 1.98. The van der Waals surface area contributed by atoms with Crippen molar-refractivity contribution in [2.75, 3.05) is 19.3 Å². The third-order valence-corrected chi connectivity index (χ3v) is 3.11. The van der Waals surface area contributed by atoms with Crippen LogP contribution in [-0.2, 0) is 0 Å². The molecular weight excluding hydrogens is 246 g/mol. The highest BCUT2D eigenvalue weighted by Gasteiger charge is 2.15. The molecule has 4 nitrogen and oxygen atoms in total. The monoisotopic (exact) mass is 259 g/mol. The van der Waals surface area contributed by atoms with Crippen LogP contribution in [0.3, 0.4) is 0 Å². The van der Waals surface area contributed by atoms with Gasteiger partial charge < -0.3 is 10.1 Å². The minimum Gasteiger partial charge on any atom is -0.473 e. The van der Waals surface area contributed by atoms with E-state index in [-0.39, 0.29) is 6.10 Å². The number of piperidine rings is 1.